The molecule has 0 heterocycles. The summed E-state index contributed by atoms with van der Waals surface area (Å²) in [6.45, 7) is 0. The Morgan fingerprint density at radius 1 is 1.18 bits per heavy atom. The zero-order valence-corrected chi connectivity index (χ0v) is 6.82. The lowest BCUT2D eigenvalue weighted by atomic mass is 9.96. The van der Waals surface area contributed by atoms with Crippen LogP contribution in [0.2, 0.25) is 0 Å². The monoisotopic (exact) mass is 184 g/mol. The van der Waals surface area contributed by atoms with Gasteiger partial charge in [0.15, 0.2) is 0 Å². The Balaban J connectivity index is 2.49. The molecule has 1 aliphatic rings. The average Bonchev–Trinajstić information content (AvgIpc) is 1.86. The number of rotatable bonds is 1. The van der Waals surface area contributed by atoms with Crippen LogP contribution in [-0.2, 0) is 10.7 Å². The highest BCUT2D eigenvalue weighted by atomic mass is 32.2. The van der Waals surface area contributed by atoms with Crippen molar-refractivity contribution in [1.82, 2.24) is 0 Å². The number of hydrogen-bond acceptors (Lipinski definition) is 2. The highest BCUT2D eigenvalue weighted by Gasteiger charge is 2.35. The predicted octanol–water partition coefficient (Wildman–Crippen LogP) is 1.18. The van der Waals surface area contributed by atoms with Crippen molar-refractivity contribution >= 4 is 10.7 Å². The molecule has 11 heavy (non-hydrogen) atoms. The molecule has 0 bridgehead atoms. The minimum Gasteiger partial charge on any atom is -0.232 e. The molecule has 0 aromatic rings. The predicted molar refractivity (Wildman–Crippen MR) is 37.5 cm³/mol. The van der Waals surface area contributed by atoms with Crippen molar-refractivity contribution < 1.29 is 17.2 Å². The molecule has 0 aromatic carbocycles. The van der Waals surface area contributed by atoms with E-state index in [1.54, 1.807) is 0 Å². The van der Waals surface area contributed by atoms with E-state index in [1.165, 1.54) is 0 Å². The molecule has 0 aromatic heterocycles. The van der Waals surface area contributed by atoms with Gasteiger partial charge in [0.1, 0.15) is 10.7 Å². The van der Waals surface area contributed by atoms with Crippen LogP contribution in [0.25, 0.3) is 0 Å². The van der Waals surface area contributed by atoms with Crippen LogP contribution < -0.4 is 0 Å². The summed E-state index contributed by atoms with van der Waals surface area (Å²) < 4.78 is 45.6. The Kier molecular flexibility index (Phi) is 2.47. The number of hydrogen-bond donors (Lipinski definition) is 1. The molecule has 0 spiro atoms. The third-order valence-electron chi connectivity index (χ3n) is 1.98. The van der Waals surface area contributed by atoms with Gasteiger partial charge in [-0.05, 0) is 12.8 Å². The third kappa shape index (κ3) is 2.39. The summed E-state index contributed by atoms with van der Waals surface area (Å²) >= 11 is 0. The highest BCUT2D eigenvalue weighted by molar-refractivity contribution is 7.73. The summed E-state index contributed by atoms with van der Waals surface area (Å²) in [6.07, 6.45) is -0.320. The second-order valence-electron chi connectivity index (χ2n) is 2.87. The first kappa shape index (κ1) is 8.90. The maximum absolute atomic E-state index is 12.4. The van der Waals surface area contributed by atoms with Gasteiger partial charge in [0.05, 0.1) is 5.25 Å². The third-order valence-corrected chi connectivity index (χ3v) is 3.10. The standard InChI is InChI=1S/C6H10F2O2S/c7-6(8)3-1-5(2-4-6)11(9)10/h5,11H,1-4H2. The number of alkyl halides is 2. The smallest absolute Gasteiger partial charge is 0.232 e. The molecule has 1 aliphatic carbocycles. The second kappa shape index (κ2) is 3.05. The summed E-state index contributed by atoms with van der Waals surface area (Å²) in [4.78, 5) is 0. The van der Waals surface area contributed by atoms with E-state index in [0.717, 1.165) is 0 Å². The quantitative estimate of drug-likeness (QED) is 0.621. The summed E-state index contributed by atoms with van der Waals surface area (Å²) in [5.41, 5.74) is 0. The fourth-order valence-electron chi connectivity index (χ4n) is 1.24. The molecule has 0 atom stereocenters. The lowest BCUT2D eigenvalue weighted by Crippen LogP contribution is -2.28. The molecular weight excluding hydrogens is 174 g/mol. The molecule has 1 fully saturated rings. The van der Waals surface area contributed by atoms with E-state index in [1.807, 2.05) is 0 Å². The van der Waals surface area contributed by atoms with Gasteiger partial charge in [-0.1, -0.05) is 0 Å². The van der Waals surface area contributed by atoms with E-state index >= 15 is 0 Å². The Morgan fingerprint density at radius 2 is 1.64 bits per heavy atom. The molecular formula is C6H10F2O2S. The van der Waals surface area contributed by atoms with Crippen LogP contribution >= 0.6 is 0 Å². The molecule has 0 amide bonds. The van der Waals surface area contributed by atoms with E-state index in [9.17, 15) is 17.2 Å². The minimum absolute atomic E-state index is 0.117. The molecule has 2 nitrogen and oxygen atoms in total. The van der Waals surface area contributed by atoms with Gasteiger partial charge in [-0.2, -0.15) is 0 Å². The first-order chi connectivity index (χ1) is 5.01. The lowest BCUT2D eigenvalue weighted by Gasteiger charge is -2.24. The first-order valence-electron chi connectivity index (χ1n) is 3.52. The van der Waals surface area contributed by atoms with Crippen LogP contribution in [0.1, 0.15) is 25.7 Å². The van der Waals surface area contributed by atoms with Gasteiger partial charge in [-0.15, -0.1) is 0 Å². The van der Waals surface area contributed by atoms with Crippen molar-refractivity contribution in [3.63, 3.8) is 0 Å². The Morgan fingerprint density at radius 3 is 2.00 bits per heavy atom. The van der Waals surface area contributed by atoms with Crippen LogP contribution in [0.15, 0.2) is 0 Å². The summed E-state index contributed by atoms with van der Waals surface area (Å²) in [5, 5.41) is -0.510. The topological polar surface area (TPSA) is 34.1 Å². The van der Waals surface area contributed by atoms with Gasteiger partial charge >= 0.3 is 0 Å². The molecule has 1 saturated carbocycles. The maximum Gasteiger partial charge on any atom is 0.248 e. The Hall–Kier alpha value is -0.190. The van der Waals surface area contributed by atoms with Gasteiger partial charge in [0, 0.05) is 12.8 Å². The van der Waals surface area contributed by atoms with Crippen LogP contribution in [0.5, 0.6) is 0 Å². The van der Waals surface area contributed by atoms with Crippen LogP contribution in [-0.4, -0.2) is 19.6 Å². The molecule has 66 valence electrons. The fraction of sp³-hybridized carbons (Fsp3) is 1.00. The second-order valence-corrected chi connectivity index (χ2v) is 4.17. The van der Waals surface area contributed by atoms with E-state index < -0.39 is 21.9 Å². The minimum atomic E-state index is -2.62. The molecule has 0 radical (unpaired) electrons. The highest BCUT2D eigenvalue weighted by Crippen LogP contribution is 2.33. The number of halogens is 2. The SMILES string of the molecule is O=[SH](=O)C1CCC(F)(F)CC1. The zero-order valence-electron chi connectivity index (χ0n) is 5.93. The Labute approximate surface area is 65.5 Å². The zero-order chi connectivity index (χ0) is 8.48. The summed E-state index contributed by atoms with van der Waals surface area (Å²) in [5.74, 6) is -2.62. The van der Waals surface area contributed by atoms with E-state index in [4.69, 9.17) is 0 Å². The largest absolute Gasteiger partial charge is 0.248 e. The molecule has 5 heteroatoms. The molecule has 0 N–H and O–H groups in total. The molecule has 0 unspecified atom stereocenters. The molecule has 0 saturated heterocycles. The first-order valence-corrected chi connectivity index (χ1v) is 4.77. The normalized spacial score (nSPS) is 25.7. The average molecular weight is 184 g/mol. The van der Waals surface area contributed by atoms with E-state index in [2.05, 4.69) is 0 Å². The van der Waals surface area contributed by atoms with E-state index in [0.29, 0.717) is 0 Å². The van der Waals surface area contributed by atoms with Crippen molar-refractivity contribution in [2.75, 3.05) is 0 Å². The van der Waals surface area contributed by atoms with Gasteiger partial charge in [-0.25, -0.2) is 17.2 Å². The van der Waals surface area contributed by atoms with Gasteiger partial charge in [0.25, 0.3) is 0 Å². The van der Waals surface area contributed by atoms with E-state index in [-0.39, 0.29) is 25.7 Å². The summed E-state index contributed by atoms with van der Waals surface area (Å²) in [7, 11) is -2.49. The van der Waals surface area contributed by atoms with Crippen LogP contribution in [0.3, 0.4) is 0 Å². The molecule has 0 aliphatic heterocycles. The lowest BCUT2D eigenvalue weighted by molar-refractivity contribution is -0.0326. The van der Waals surface area contributed by atoms with Crippen LogP contribution in [0, 0.1) is 0 Å². The number of thiol groups is 1. The van der Waals surface area contributed by atoms with Crippen molar-refractivity contribution in [3.8, 4) is 0 Å². The van der Waals surface area contributed by atoms with Gasteiger partial charge in [0.2, 0.25) is 5.92 Å². The van der Waals surface area contributed by atoms with Crippen molar-refractivity contribution in [2.45, 2.75) is 36.9 Å². The summed E-state index contributed by atoms with van der Waals surface area (Å²) in [6, 6.07) is 0. The van der Waals surface area contributed by atoms with Gasteiger partial charge < -0.3 is 0 Å². The van der Waals surface area contributed by atoms with Crippen molar-refractivity contribution in [3.05, 3.63) is 0 Å². The van der Waals surface area contributed by atoms with Crippen molar-refractivity contribution in [1.29, 1.82) is 0 Å². The Bertz CT molecular complexity index is 195. The molecule has 1 rings (SSSR count). The fourth-order valence-corrected chi connectivity index (χ4v) is 1.92. The van der Waals surface area contributed by atoms with Gasteiger partial charge in [-0.3, -0.25) is 0 Å². The maximum atomic E-state index is 12.4. The van der Waals surface area contributed by atoms with Crippen LogP contribution in [0.4, 0.5) is 8.78 Å². The van der Waals surface area contributed by atoms with Crippen molar-refractivity contribution in [2.24, 2.45) is 0 Å².